The number of aliphatic carboxylic acids is 1. The highest BCUT2D eigenvalue weighted by Gasteiger charge is 2.65. The third kappa shape index (κ3) is 2.50. The van der Waals surface area contributed by atoms with Gasteiger partial charge in [-0.1, -0.05) is 26.0 Å². The third-order valence-electron chi connectivity index (χ3n) is 4.19. The summed E-state index contributed by atoms with van der Waals surface area (Å²) in [6.45, 7) is 3.62. The Labute approximate surface area is 132 Å². The maximum atomic E-state index is 12.3. The van der Waals surface area contributed by atoms with Crippen LogP contribution in [0.4, 0.5) is 5.69 Å². The van der Waals surface area contributed by atoms with Crippen molar-refractivity contribution in [2.75, 3.05) is 5.32 Å². The van der Waals surface area contributed by atoms with E-state index in [0.29, 0.717) is 5.69 Å². The number of hydrogen-bond donors (Lipinski definition) is 2. The maximum absolute atomic E-state index is 12.3. The molecule has 22 heavy (non-hydrogen) atoms. The van der Waals surface area contributed by atoms with Crippen LogP contribution in [0.1, 0.15) is 13.8 Å². The van der Waals surface area contributed by atoms with Gasteiger partial charge in [-0.3, -0.25) is 9.59 Å². The van der Waals surface area contributed by atoms with E-state index in [1.807, 2.05) is 37.4 Å². The molecule has 1 aliphatic rings. The Hall–Kier alpha value is -2.21. The number of anilines is 1. The van der Waals surface area contributed by atoms with Crippen molar-refractivity contribution in [3.63, 3.8) is 0 Å². The lowest BCUT2D eigenvalue weighted by Crippen LogP contribution is -2.17. The van der Waals surface area contributed by atoms with E-state index in [-0.39, 0.29) is 5.91 Å². The molecule has 0 aliphatic heterocycles. The Morgan fingerprint density at radius 2 is 2.09 bits per heavy atom. The van der Waals surface area contributed by atoms with E-state index < -0.39 is 23.2 Å². The molecule has 1 saturated carbocycles. The van der Waals surface area contributed by atoms with Crippen molar-refractivity contribution in [1.82, 2.24) is 4.98 Å². The van der Waals surface area contributed by atoms with Gasteiger partial charge in [0.25, 0.3) is 0 Å². The summed E-state index contributed by atoms with van der Waals surface area (Å²) in [4.78, 5) is 27.7. The fourth-order valence-electron chi connectivity index (χ4n) is 2.90. The number of nitrogens with one attached hydrogen (secondary N) is 1. The number of carbonyl (C=O) groups is 2. The van der Waals surface area contributed by atoms with Gasteiger partial charge in [0.05, 0.1) is 11.8 Å². The van der Waals surface area contributed by atoms with Gasteiger partial charge in [0.2, 0.25) is 5.91 Å². The molecule has 1 amide bonds. The Morgan fingerprint density at radius 1 is 1.32 bits per heavy atom. The van der Waals surface area contributed by atoms with Crippen molar-refractivity contribution in [1.29, 1.82) is 0 Å². The number of nitrogens with zero attached hydrogens (tertiary/aromatic N) is 1. The first-order chi connectivity index (χ1) is 10.4. The standard InChI is InChI=1S/C16H16N2O3S/c1-16(2)11(12(16)15(20)21)13(19)18-10-5-3-4-9(8-10)14-17-6-7-22-14/h3-8,11-12H,1-2H3,(H,18,19)(H,20,21)/t11-,12+/m1/s1. The number of carbonyl (C=O) groups excluding carboxylic acids is 1. The summed E-state index contributed by atoms with van der Waals surface area (Å²) in [6.07, 6.45) is 1.73. The summed E-state index contributed by atoms with van der Waals surface area (Å²) in [5.74, 6) is -2.27. The highest BCUT2D eigenvalue weighted by molar-refractivity contribution is 7.13. The first kappa shape index (κ1) is 14.7. The van der Waals surface area contributed by atoms with Gasteiger partial charge in [0.15, 0.2) is 0 Å². The summed E-state index contributed by atoms with van der Waals surface area (Å²) in [5.41, 5.74) is 1.09. The minimum absolute atomic E-state index is 0.242. The van der Waals surface area contributed by atoms with Crippen LogP contribution in [0.5, 0.6) is 0 Å². The van der Waals surface area contributed by atoms with Gasteiger partial charge in [-0.05, 0) is 17.5 Å². The SMILES string of the molecule is CC1(C)[C@H](C(=O)O)[C@@H]1C(=O)Nc1cccc(-c2nccs2)c1. The van der Waals surface area contributed by atoms with E-state index in [1.165, 1.54) is 11.3 Å². The molecule has 5 nitrogen and oxygen atoms in total. The number of aromatic nitrogens is 1. The van der Waals surface area contributed by atoms with Crippen LogP contribution in [0, 0.1) is 17.3 Å². The fraction of sp³-hybridized carbons (Fsp3) is 0.312. The van der Waals surface area contributed by atoms with Crippen LogP contribution in [0.15, 0.2) is 35.8 Å². The van der Waals surface area contributed by atoms with E-state index in [2.05, 4.69) is 10.3 Å². The molecule has 0 radical (unpaired) electrons. The van der Waals surface area contributed by atoms with Crippen LogP contribution < -0.4 is 5.32 Å². The molecule has 2 N–H and O–H groups in total. The molecule has 2 aromatic rings. The van der Waals surface area contributed by atoms with E-state index in [9.17, 15) is 9.59 Å². The van der Waals surface area contributed by atoms with Crippen molar-refractivity contribution in [3.8, 4) is 10.6 Å². The van der Waals surface area contributed by atoms with Gasteiger partial charge in [-0.15, -0.1) is 11.3 Å². The van der Waals surface area contributed by atoms with Crippen molar-refractivity contribution in [3.05, 3.63) is 35.8 Å². The van der Waals surface area contributed by atoms with E-state index >= 15 is 0 Å². The van der Waals surface area contributed by atoms with Crippen molar-refractivity contribution in [2.24, 2.45) is 17.3 Å². The van der Waals surface area contributed by atoms with Crippen LogP contribution in [-0.2, 0) is 9.59 Å². The zero-order valence-electron chi connectivity index (χ0n) is 12.2. The average molecular weight is 316 g/mol. The molecule has 1 fully saturated rings. The number of rotatable bonds is 4. The molecule has 1 aromatic carbocycles. The van der Waals surface area contributed by atoms with E-state index in [1.54, 1.807) is 12.3 Å². The highest BCUT2D eigenvalue weighted by atomic mass is 32.1. The molecule has 1 heterocycles. The molecule has 0 saturated heterocycles. The van der Waals surface area contributed by atoms with Crippen LogP contribution >= 0.6 is 11.3 Å². The van der Waals surface area contributed by atoms with Crippen LogP contribution in [0.2, 0.25) is 0 Å². The Morgan fingerprint density at radius 3 is 2.68 bits per heavy atom. The zero-order chi connectivity index (χ0) is 15.9. The largest absolute Gasteiger partial charge is 0.481 e. The number of amides is 1. The molecule has 1 aromatic heterocycles. The predicted molar refractivity (Wildman–Crippen MR) is 84.6 cm³/mol. The molecule has 6 heteroatoms. The van der Waals surface area contributed by atoms with Gasteiger partial charge < -0.3 is 10.4 Å². The van der Waals surface area contributed by atoms with Gasteiger partial charge in [0, 0.05) is 22.8 Å². The van der Waals surface area contributed by atoms with Crippen molar-refractivity contribution in [2.45, 2.75) is 13.8 Å². The minimum Gasteiger partial charge on any atom is -0.481 e. The summed E-state index contributed by atoms with van der Waals surface area (Å²) in [7, 11) is 0. The monoisotopic (exact) mass is 316 g/mol. The molecule has 0 spiro atoms. The highest BCUT2D eigenvalue weighted by Crippen LogP contribution is 2.58. The fourth-order valence-corrected chi connectivity index (χ4v) is 3.54. The predicted octanol–water partition coefficient (Wildman–Crippen LogP) is 3.11. The number of thiazole rings is 1. The molecule has 0 bridgehead atoms. The van der Waals surface area contributed by atoms with Gasteiger partial charge in [0.1, 0.15) is 5.01 Å². The topological polar surface area (TPSA) is 79.3 Å². The lowest BCUT2D eigenvalue weighted by atomic mass is 10.1. The maximum Gasteiger partial charge on any atom is 0.307 e. The first-order valence-corrected chi connectivity index (χ1v) is 7.83. The molecule has 2 atom stereocenters. The second-order valence-corrected chi connectivity index (χ2v) is 6.92. The second kappa shape index (κ2) is 5.21. The first-order valence-electron chi connectivity index (χ1n) is 6.95. The molecule has 3 rings (SSSR count). The summed E-state index contributed by atoms with van der Waals surface area (Å²) < 4.78 is 0. The smallest absolute Gasteiger partial charge is 0.307 e. The Kier molecular flexibility index (Phi) is 3.48. The van der Waals surface area contributed by atoms with Crippen molar-refractivity contribution < 1.29 is 14.7 Å². The number of carboxylic acids is 1. The quantitative estimate of drug-likeness (QED) is 0.908. The Balaban J connectivity index is 1.76. The van der Waals surface area contributed by atoms with E-state index in [0.717, 1.165) is 10.6 Å². The Bertz CT molecular complexity index is 725. The summed E-state index contributed by atoms with van der Waals surface area (Å²) >= 11 is 1.52. The summed E-state index contributed by atoms with van der Waals surface area (Å²) in [5, 5.41) is 14.8. The van der Waals surface area contributed by atoms with Gasteiger partial charge in [-0.25, -0.2) is 4.98 Å². The van der Waals surface area contributed by atoms with Crippen LogP contribution in [0.25, 0.3) is 10.6 Å². The van der Waals surface area contributed by atoms with Crippen molar-refractivity contribution >= 4 is 28.9 Å². The lowest BCUT2D eigenvalue weighted by Gasteiger charge is -2.07. The number of hydrogen-bond acceptors (Lipinski definition) is 4. The molecule has 114 valence electrons. The second-order valence-electron chi connectivity index (χ2n) is 6.02. The zero-order valence-corrected chi connectivity index (χ0v) is 13.1. The minimum atomic E-state index is -0.915. The molecule has 1 aliphatic carbocycles. The normalized spacial score (nSPS) is 22.1. The van der Waals surface area contributed by atoms with Gasteiger partial charge >= 0.3 is 5.97 Å². The van der Waals surface area contributed by atoms with Gasteiger partial charge in [-0.2, -0.15) is 0 Å². The summed E-state index contributed by atoms with van der Waals surface area (Å²) in [6, 6.07) is 7.41. The lowest BCUT2D eigenvalue weighted by molar-refractivity contribution is -0.140. The third-order valence-corrected chi connectivity index (χ3v) is 5.01. The number of benzene rings is 1. The van der Waals surface area contributed by atoms with Crippen LogP contribution in [-0.4, -0.2) is 22.0 Å². The molecule has 0 unspecified atom stereocenters. The van der Waals surface area contributed by atoms with E-state index in [4.69, 9.17) is 5.11 Å². The average Bonchev–Trinajstić information content (AvgIpc) is 2.84. The van der Waals surface area contributed by atoms with Crippen LogP contribution in [0.3, 0.4) is 0 Å². The molecular formula is C16H16N2O3S. The number of carboxylic acid groups (broad SMARTS) is 1. The molecular weight excluding hydrogens is 300 g/mol.